The predicted octanol–water partition coefficient (Wildman–Crippen LogP) is 3.09. The van der Waals surface area contributed by atoms with E-state index in [1.807, 2.05) is 41.3 Å². The van der Waals surface area contributed by atoms with Crippen molar-refractivity contribution in [3.8, 4) is 17.0 Å². The molecule has 1 aromatic carbocycles. The quantitative estimate of drug-likeness (QED) is 0.611. The van der Waals surface area contributed by atoms with Gasteiger partial charge in [0.1, 0.15) is 5.75 Å². The molecule has 1 fully saturated rings. The molecule has 0 spiro atoms. The number of amides is 2. The SMILES string of the molecule is CCC(C)CN(CC(=O)N1CCCN(c2ccc(-c3cccc(OC)c3)nn2)CC1)C(C)=O. The maximum atomic E-state index is 12.9. The van der Waals surface area contributed by atoms with E-state index in [-0.39, 0.29) is 18.4 Å². The number of methoxy groups -OCH3 is 1. The first kappa shape index (κ1) is 24.5. The van der Waals surface area contributed by atoms with Gasteiger partial charge in [0.2, 0.25) is 11.8 Å². The number of rotatable bonds is 8. The summed E-state index contributed by atoms with van der Waals surface area (Å²) in [4.78, 5) is 30.6. The van der Waals surface area contributed by atoms with E-state index in [2.05, 4.69) is 28.9 Å². The summed E-state index contributed by atoms with van der Waals surface area (Å²) in [5.74, 6) is 1.92. The van der Waals surface area contributed by atoms with Crippen LogP contribution >= 0.6 is 0 Å². The van der Waals surface area contributed by atoms with Crippen molar-refractivity contribution in [1.29, 1.82) is 0 Å². The molecule has 1 atom stereocenters. The van der Waals surface area contributed by atoms with Crippen LogP contribution in [-0.2, 0) is 9.59 Å². The molecular weight excluding hydrogens is 418 g/mol. The number of aromatic nitrogens is 2. The fourth-order valence-corrected chi connectivity index (χ4v) is 3.90. The number of ether oxygens (including phenoxy) is 1. The molecule has 2 heterocycles. The molecule has 1 aliphatic heterocycles. The van der Waals surface area contributed by atoms with Crippen LogP contribution < -0.4 is 9.64 Å². The summed E-state index contributed by atoms with van der Waals surface area (Å²) in [5.41, 5.74) is 1.74. The van der Waals surface area contributed by atoms with Crippen molar-refractivity contribution < 1.29 is 14.3 Å². The van der Waals surface area contributed by atoms with E-state index >= 15 is 0 Å². The summed E-state index contributed by atoms with van der Waals surface area (Å²) >= 11 is 0. The zero-order valence-corrected chi connectivity index (χ0v) is 20.2. The standard InChI is InChI=1S/C25H35N5O3/c1-5-19(2)17-30(20(3)31)18-25(32)29-13-7-12-28(14-15-29)24-11-10-23(26-27-24)21-8-6-9-22(16-21)33-4/h6,8-11,16,19H,5,7,12-15,17-18H2,1-4H3. The molecule has 8 heteroatoms. The van der Waals surface area contributed by atoms with E-state index in [9.17, 15) is 9.59 Å². The lowest BCUT2D eigenvalue weighted by molar-refractivity contribution is -0.139. The Bertz CT molecular complexity index is 934. The van der Waals surface area contributed by atoms with Gasteiger partial charge in [-0.05, 0) is 36.6 Å². The molecule has 0 aliphatic carbocycles. The zero-order chi connectivity index (χ0) is 23.8. The average molecular weight is 454 g/mol. The second-order valence-electron chi connectivity index (χ2n) is 8.64. The molecule has 2 aromatic rings. The largest absolute Gasteiger partial charge is 0.497 e. The Kier molecular flexibility index (Phi) is 8.63. The summed E-state index contributed by atoms with van der Waals surface area (Å²) in [5, 5.41) is 8.84. The molecule has 33 heavy (non-hydrogen) atoms. The molecule has 0 bridgehead atoms. The van der Waals surface area contributed by atoms with Gasteiger partial charge < -0.3 is 19.4 Å². The number of benzene rings is 1. The van der Waals surface area contributed by atoms with Gasteiger partial charge in [-0.1, -0.05) is 32.4 Å². The first-order chi connectivity index (χ1) is 15.9. The maximum absolute atomic E-state index is 12.9. The van der Waals surface area contributed by atoms with E-state index in [1.54, 1.807) is 12.0 Å². The third-order valence-corrected chi connectivity index (χ3v) is 6.19. The lowest BCUT2D eigenvalue weighted by Crippen LogP contribution is -2.44. The molecule has 3 rings (SSSR count). The molecule has 178 valence electrons. The number of carbonyl (C=O) groups is 2. The molecule has 1 aliphatic rings. The van der Waals surface area contributed by atoms with Crippen LogP contribution in [0, 0.1) is 5.92 Å². The smallest absolute Gasteiger partial charge is 0.242 e. The Balaban J connectivity index is 1.60. The van der Waals surface area contributed by atoms with Crippen LogP contribution in [0.2, 0.25) is 0 Å². The van der Waals surface area contributed by atoms with E-state index in [1.165, 1.54) is 6.92 Å². The van der Waals surface area contributed by atoms with Gasteiger partial charge in [-0.3, -0.25) is 9.59 Å². The average Bonchev–Trinajstić information content (AvgIpc) is 3.10. The predicted molar refractivity (Wildman–Crippen MR) is 129 cm³/mol. The lowest BCUT2D eigenvalue weighted by atomic mass is 10.1. The fourth-order valence-electron chi connectivity index (χ4n) is 3.90. The van der Waals surface area contributed by atoms with Crippen LogP contribution in [0.25, 0.3) is 11.3 Å². The van der Waals surface area contributed by atoms with E-state index < -0.39 is 0 Å². The molecule has 0 radical (unpaired) electrons. The fraction of sp³-hybridized carbons (Fsp3) is 0.520. The van der Waals surface area contributed by atoms with Crippen LogP contribution in [0.1, 0.15) is 33.6 Å². The van der Waals surface area contributed by atoms with Crippen molar-refractivity contribution in [3.63, 3.8) is 0 Å². The zero-order valence-electron chi connectivity index (χ0n) is 20.2. The Morgan fingerprint density at radius 3 is 2.61 bits per heavy atom. The minimum absolute atomic E-state index is 0.00908. The lowest BCUT2D eigenvalue weighted by Gasteiger charge is -2.28. The van der Waals surface area contributed by atoms with Gasteiger partial charge >= 0.3 is 0 Å². The number of hydrogen-bond donors (Lipinski definition) is 0. The molecule has 2 amide bonds. The number of carbonyl (C=O) groups excluding carboxylic acids is 2. The number of nitrogens with zero attached hydrogens (tertiary/aromatic N) is 5. The second-order valence-corrected chi connectivity index (χ2v) is 8.64. The van der Waals surface area contributed by atoms with E-state index in [4.69, 9.17) is 4.74 Å². The van der Waals surface area contributed by atoms with Gasteiger partial charge in [-0.15, -0.1) is 10.2 Å². The third kappa shape index (κ3) is 6.66. The Hall–Kier alpha value is -3.16. The number of anilines is 1. The molecule has 0 N–H and O–H groups in total. The topological polar surface area (TPSA) is 78.9 Å². The normalized spacial score (nSPS) is 15.0. The molecule has 1 unspecified atom stereocenters. The molecule has 1 aromatic heterocycles. The Labute approximate surface area is 196 Å². The van der Waals surface area contributed by atoms with Gasteiger partial charge in [0.25, 0.3) is 0 Å². The Morgan fingerprint density at radius 2 is 1.94 bits per heavy atom. The van der Waals surface area contributed by atoms with E-state index in [0.29, 0.717) is 32.1 Å². The summed E-state index contributed by atoms with van der Waals surface area (Å²) in [6, 6.07) is 11.7. The highest BCUT2D eigenvalue weighted by Gasteiger charge is 2.23. The second kappa shape index (κ2) is 11.6. The molecule has 0 saturated carbocycles. The highest BCUT2D eigenvalue weighted by Crippen LogP contribution is 2.23. The maximum Gasteiger partial charge on any atom is 0.242 e. The first-order valence-electron chi connectivity index (χ1n) is 11.7. The summed E-state index contributed by atoms with van der Waals surface area (Å²) in [6.07, 6.45) is 1.82. The molecular formula is C25H35N5O3. The Morgan fingerprint density at radius 1 is 1.12 bits per heavy atom. The monoisotopic (exact) mass is 453 g/mol. The third-order valence-electron chi connectivity index (χ3n) is 6.19. The van der Waals surface area contributed by atoms with Crippen molar-refractivity contribution in [2.24, 2.45) is 5.92 Å². The highest BCUT2D eigenvalue weighted by molar-refractivity contribution is 5.84. The van der Waals surface area contributed by atoms with Crippen LogP contribution in [0.5, 0.6) is 5.75 Å². The van der Waals surface area contributed by atoms with Crippen molar-refractivity contribution in [2.45, 2.75) is 33.6 Å². The number of hydrogen-bond acceptors (Lipinski definition) is 6. The van der Waals surface area contributed by atoms with Crippen LogP contribution in [0.4, 0.5) is 5.82 Å². The molecule has 1 saturated heterocycles. The summed E-state index contributed by atoms with van der Waals surface area (Å²) in [7, 11) is 1.64. The van der Waals surface area contributed by atoms with Gasteiger partial charge in [-0.25, -0.2) is 0 Å². The highest BCUT2D eigenvalue weighted by atomic mass is 16.5. The minimum atomic E-state index is -0.0495. The first-order valence-corrected chi connectivity index (χ1v) is 11.7. The molecule has 8 nitrogen and oxygen atoms in total. The van der Waals surface area contributed by atoms with Crippen molar-refractivity contribution in [3.05, 3.63) is 36.4 Å². The van der Waals surface area contributed by atoms with E-state index in [0.717, 1.165) is 42.2 Å². The summed E-state index contributed by atoms with van der Waals surface area (Å²) in [6.45, 7) is 9.28. The summed E-state index contributed by atoms with van der Waals surface area (Å²) < 4.78 is 5.29. The minimum Gasteiger partial charge on any atom is -0.497 e. The van der Waals surface area contributed by atoms with Gasteiger partial charge in [0.05, 0.1) is 19.3 Å². The van der Waals surface area contributed by atoms with Crippen molar-refractivity contribution >= 4 is 17.6 Å². The van der Waals surface area contributed by atoms with Crippen molar-refractivity contribution in [2.75, 3.05) is 51.3 Å². The van der Waals surface area contributed by atoms with Gasteiger partial charge in [-0.2, -0.15) is 0 Å². The van der Waals surface area contributed by atoms with Crippen LogP contribution in [0.3, 0.4) is 0 Å². The van der Waals surface area contributed by atoms with Gasteiger partial charge in [0, 0.05) is 45.2 Å². The van der Waals surface area contributed by atoms with Crippen LogP contribution in [-0.4, -0.2) is 78.2 Å². The van der Waals surface area contributed by atoms with Crippen molar-refractivity contribution in [1.82, 2.24) is 20.0 Å². The van der Waals surface area contributed by atoms with Gasteiger partial charge in [0.15, 0.2) is 5.82 Å². The van der Waals surface area contributed by atoms with Crippen LogP contribution in [0.15, 0.2) is 36.4 Å².